The summed E-state index contributed by atoms with van der Waals surface area (Å²) >= 11 is 0. The zero-order valence-corrected chi connectivity index (χ0v) is 54.4. The molecule has 0 radical (unpaired) electrons. The summed E-state index contributed by atoms with van der Waals surface area (Å²) in [5.74, 6) is -3.70. The predicted molar refractivity (Wildman–Crippen MR) is 346 cm³/mol. The Morgan fingerprint density at radius 1 is 0.613 bits per heavy atom. The minimum absolute atomic E-state index is 0.147. The molecule has 25 nitrogen and oxygen atoms in total. The van der Waals surface area contributed by atoms with Crippen LogP contribution in [0.5, 0.6) is 0 Å². The number of aromatic nitrogens is 3. The van der Waals surface area contributed by atoms with Gasteiger partial charge in [-0.2, -0.15) is 0 Å². The van der Waals surface area contributed by atoms with Crippen LogP contribution in [0.15, 0.2) is 97.2 Å². The van der Waals surface area contributed by atoms with Crippen LogP contribution in [-0.2, 0) is 77.6 Å². The second-order valence-corrected chi connectivity index (χ2v) is 24.6. The number of hydrogen-bond acceptors (Lipinski definition) is 16. The molecule has 4 aliphatic rings. The van der Waals surface area contributed by atoms with E-state index in [2.05, 4.69) is 52.8 Å². The second kappa shape index (κ2) is 36.1. The first kappa shape index (κ1) is 71.2. The van der Waals surface area contributed by atoms with Gasteiger partial charge in [-0.25, -0.2) is 0 Å². The van der Waals surface area contributed by atoms with Crippen molar-refractivity contribution in [2.24, 2.45) is 11.8 Å². The van der Waals surface area contributed by atoms with Crippen LogP contribution in [0.2, 0.25) is 0 Å². The van der Waals surface area contributed by atoms with Crippen LogP contribution in [0.3, 0.4) is 0 Å². The number of nitrogens with one attached hydrogen (secondary N) is 8. The highest BCUT2D eigenvalue weighted by atomic mass is 16.5. The lowest BCUT2D eigenvalue weighted by Gasteiger charge is -2.37. The number of aliphatic hydroxyl groups excluding tert-OH is 1. The van der Waals surface area contributed by atoms with Gasteiger partial charge in [0.1, 0.15) is 24.2 Å². The number of likely N-dealkylation sites (N-methyl/N-ethyl adjacent to an activating group) is 2. The lowest BCUT2D eigenvalue weighted by atomic mass is 9.81. The number of nitrogens with zero attached hydrogens (tertiary/aromatic N) is 5. The molecule has 0 unspecified atom stereocenters. The normalized spacial score (nSPS) is 21.9. The Balaban J connectivity index is 0.722. The van der Waals surface area contributed by atoms with Crippen LogP contribution in [0.1, 0.15) is 120 Å². The summed E-state index contributed by atoms with van der Waals surface area (Å²) in [5.41, 5.74) is 0.980. The van der Waals surface area contributed by atoms with E-state index in [1.807, 2.05) is 62.5 Å². The third kappa shape index (κ3) is 18.8. The molecule has 4 aliphatic heterocycles. The van der Waals surface area contributed by atoms with Gasteiger partial charge >= 0.3 is 0 Å². The molecule has 0 aliphatic carbocycles. The molecular formula is C68H97N13O12. The van der Waals surface area contributed by atoms with E-state index in [0.717, 1.165) is 5.56 Å². The number of rotatable bonds is 36. The van der Waals surface area contributed by atoms with E-state index in [0.29, 0.717) is 153 Å². The van der Waals surface area contributed by atoms with Gasteiger partial charge in [0, 0.05) is 89.0 Å². The van der Waals surface area contributed by atoms with Gasteiger partial charge in [0.05, 0.1) is 44.2 Å². The maximum absolute atomic E-state index is 14.8. The van der Waals surface area contributed by atoms with Crippen molar-refractivity contribution in [2.45, 2.75) is 171 Å². The van der Waals surface area contributed by atoms with Crippen LogP contribution in [0.4, 0.5) is 0 Å². The average Bonchev–Trinajstić information content (AvgIpc) is 1.16. The van der Waals surface area contributed by atoms with Gasteiger partial charge < -0.3 is 71.7 Å². The minimum Gasteiger partial charge on any atom is -0.396 e. The lowest BCUT2D eigenvalue weighted by Crippen LogP contribution is -2.62. The molecule has 0 bridgehead atoms. The fourth-order valence-corrected chi connectivity index (χ4v) is 13.4. The van der Waals surface area contributed by atoms with Crippen molar-refractivity contribution in [2.75, 3.05) is 73.4 Å². The summed E-state index contributed by atoms with van der Waals surface area (Å²) in [5, 5.41) is 43.0. The number of carbonyl (C=O) groups is 8. The van der Waals surface area contributed by atoms with E-state index in [1.54, 1.807) is 77.1 Å². The molecule has 4 saturated heterocycles. The molecule has 506 valence electrons. The monoisotopic (exact) mass is 1290 g/mol. The van der Waals surface area contributed by atoms with Crippen molar-refractivity contribution in [1.82, 2.24) is 67.3 Å². The van der Waals surface area contributed by atoms with Gasteiger partial charge in [-0.15, -0.1) is 5.10 Å². The summed E-state index contributed by atoms with van der Waals surface area (Å²) in [6.07, 6.45) is 8.85. The van der Waals surface area contributed by atoms with Crippen molar-refractivity contribution in [3.05, 3.63) is 120 Å². The van der Waals surface area contributed by atoms with E-state index in [4.69, 9.17) is 14.2 Å². The van der Waals surface area contributed by atoms with Crippen LogP contribution < -0.4 is 42.5 Å². The first-order valence-corrected chi connectivity index (χ1v) is 33.4. The van der Waals surface area contributed by atoms with Crippen LogP contribution in [-0.4, -0.2) is 199 Å². The Morgan fingerprint density at radius 2 is 1.12 bits per heavy atom. The summed E-state index contributed by atoms with van der Waals surface area (Å²) in [7, 11) is 3.37. The molecular weight excluding hydrogens is 1190 g/mol. The lowest BCUT2D eigenvalue weighted by molar-refractivity contribution is -0.145. The number of aliphatic hydroxyl groups is 1. The van der Waals surface area contributed by atoms with Crippen molar-refractivity contribution in [3.8, 4) is 0 Å². The van der Waals surface area contributed by atoms with Crippen molar-refractivity contribution >= 4 is 47.3 Å². The van der Waals surface area contributed by atoms with Gasteiger partial charge in [-0.05, 0) is 108 Å². The molecule has 4 fully saturated rings. The summed E-state index contributed by atoms with van der Waals surface area (Å²) in [6, 6.07) is 22.6. The molecule has 0 saturated carbocycles. The maximum Gasteiger partial charge on any atom is 0.255 e. The maximum atomic E-state index is 14.8. The number of aryl methyl sites for hydroxylation is 2. The van der Waals surface area contributed by atoms with Gasteiger partial charge in [0.15, 0.2) is 5.54 Å². The topological polar surface area (TPSA) is 318 Å². The highest BCUT2D eigenvalue weighted by Gasteiger charge is 2.52. The smallest absolute Gasteiger partial charge is 0.255 e. The third-order valence-electron chi connectivity index (χ3n) is 18.6. The Kier molecular flexibility index (Phi) is 27.6. The molecule has 8 amide bonds. The number of ether oxygens (including phenoxy) is 3. The summed E-state index contributed by atoms with van der Waals surface area (Å²) in [6.45, 7) is 6.95. The Labute approximate surface area is 545 Å². The number of carbonyl (C=O) groups excluding carboxylic acids is 8. The predicted octanol–water partition coefficient (Wildman–Crippen LogP) is 2.15. The summed E-state index contributed by atoms with van der Waals surface area (Å²) < 4.78 is 19.1. The summed E-state index contributed by atoms with van der Waals surface area (Å²) in [4.78, 5) is 115. The van der Waals surface area contributed by atoms with Gasteiger partial charge in [-0.1, -0.05) is 110 Å². The SMILES string of the molecule is CC[C@H](NC)C(=O)N[C@@H]1C(=O)N2[C@@H](CC[C@@H]1CNC(=O)CCc1cn(CCCOCCOCCOCCCNC(=O)C(NC(=O)[C@@H]3CC[C@@H]4CC[C@H](CO)[C@H](NC(=O)[C@H](CC)NC)C(=O)N43)(c3ccccc3)c3ccccc3)nn1)CC[C@H]2C(=O)NCc1ccccc1. The number of benzene rings is 3. The molecule has 25 heteroatoms. The first-order chi connectivity index (χ1) is 45.2. The highest BCUT2D eigenvalue weighted by molar-refractivity contribution is 5.99. The molecule has 0 spiro atoms. The van der Waals surface area contributed by atoms with Crippen molar-refractivity contribution in [3.63, 3.8) is 0 Å². The van der Waals surface area contributed by atoms with E-state index < -0.39 is 65.4 Å². The standard InChI is InChI=1S/C68H97N13O12/c1-5-54(69-3)61(84)74-59-47(24-27-52-29-31-56(80(52)65(59)88)63(86)73-42-46-18-10-7-11-19-46)43-72-58(83)33-26-51-44-79(78-77-51)35-17-37-92-39-41-93-40-38-91-36-16-34-71-67(90)68(49-20-12-8-13-21-49,50-22-14-9-15-23-50)76-64(87)57-32-30-53-28-25-48(45-82)60(66(89)81(53)57)75-62(85)55(6-2)70-4/h7-15,18-23,44,47-48,52-57,59-60,69-70,82H,5-6,16-17,24-43,45H2,1-4H3,(H,71,90)(H,72,83)(H,73,86)(H,74,84)(H,75,85)(H,76,87)/t47-,48-,52+,53+,54+,55+,56+,57+,59+,60+/m1/s1. The van der Waals surface area contributed by atoms with Gasteiger partial charge in [0.25, 0.3) is 5.91 Å². The van der Waals surface area contributed by atoms with E-state index in [9.17, 15) is 43.5 Å². The Hall–Kier alpha value is -7.68. The van der Waals surface area contributed by atoms with E-state index in [1.165, 1.54) is 0 Å². The highest BCUT2D eigenvalue weighted by Crippen LogP contribution is 2.38. The van der Waals surface area contributed by atoms with E-state index in [-0.39, 0.29) is 73.7 Å². The molecule has 10 atom stereocenters. The largest absolute Gasteiger partial charge is 0.396 e. The van der Waals surface area contributed by atoms with E-state index >= 15 is 0 Å². The molecule has 3 aromatic carbocycles. The fraction of sp³-hybridized carbons (Fsp3) is 0.588. The Morgan fingerprint density at radius 3 is 1.67 bits per heavy atom. The van der Waals surface area contributed by atoms with Crippen LogP contribution in [0.25, 0.3) is 0 Å². The molecule has 5 heterocycles. The fourth-order valence-electron chi connectivity index (χ4n) is 13.4. The number of fused-ring (bicyclic) bond motifs is 2. The zero-order chi connectivity index (χ0) is 66.1. The minimum atomic E-state index is -1.69. The average molecular weight is 1290 g/mol. The van der Waals surface area contributed by atoms with Gasteiger partial charge in [0.2, 0.25) is 41.4 Å². The number of amides is 8. The molecule has 4 aromatic rings. The third-order valence-corrected chi connectivity index (χ3v) is 18.6. The Bertz CT molecular complexity index is 3000. The second-order valence-electron chi connectivity index (χ2n) is 24.6. The van der Waals surface area contributed by atoms with Crippen LogP contribution >= 0.6 is 0 Å². The van der Waals surface area contributed by atoms with Crippen LogP contribution in [0, 0.1) is 11.8 Å². The molecule has 93 heavy (non-hydrogen) atoms. The molecule has 9 N–H and O–H groups in total. The van der Waals surface area contributed by atoms with Gasteiger partial charge in [-0.3, -0.25) is 43.0 Å². The van der Waals surface area contributed by atoms with Crippen molar-refractivity contribution in [1.29, 1.82) is 0 Å². The molecule has 1 aromatic heterocycles. The number of hydrogen-bond donors (Lipinski definition) is 9. The molecule has 8 rings (SSSR count). The quantitative estimate of drug-likeness (QED) is 0.0295. The van der Waals surface area contributed by atoms with Crippen molar-refractivity contribution < 1.29 is 57.7 Å². The first-order valence-electron chi connectivity index (χ1n) is 33.4. The zero-order valence-electron chi connectivity index (χ0n) is 54.4.